The summed E-state index contributed by atoms with van der Waals surface area (Å²) < 4.78 is 0. The molecule has 0 atom stereocenters. The van der Waals surface area contributed by atoms with Crippen LogP contribution in [0.15, 0.2) is 29.9 Å². The third-order valence-corrected chi connectivity index (χ3v) is 5.03. The average Bonchev–Trinajstić information content (AvgIpc) is 3.17. The molecule has 1 saturated heterocycles. The van der Waals surface area contributed by atoms with Gasteiger partial charge in [0.1, 0.15) is 5.52 Å². The molecule has 0 amide bonds. The average molecular weight is 299 g/mol. The zero-order valence-corrected chi connectivity index (χ0v) is 12.5. The quantitative estimate of drug-likeness (QED) is 0.808. The van der Waals surface area contributed by atoms with Gasteiger partial charge in [0.2, 0.25) is 0 Å². The van der Waals surface area contributed by atoms with E-state index in [1.807, 2.05) is 11.3 Å². The molecule has 21 heavy (non-hydrogen) atoms. The molecule has 1 aliphatic rings. The second-order valence-electron chi connectivity index (χ2n) is 5.50. The summed E-state index contributed by atoms with van der Waals surface area (Å²) in [7, 11) is 0. The van der Waals surface area contributed by atoms with Crippen molar-refractivity contribution >= 4 is 22.5 Å². The van der Waals surface area contributed by atoms with Crippen molar-refractivity contribution in [3.63, 3.8) is 0 Å². The van der Waals surface area contributed by atoms with Crippen LogP contribution >= 0.6 is 11.3 Å². The highest BCUT2D eigenvalue weighted by molar-refractivity contribution is 7.09. The molecule has 4 rings (SSSR count). The summed E-state index contributed by atoms with van der Waals surface area (Å²) in [5, 5.41) is 9.57. The van der Waals surface area contributed by atoms with E-state index >= 15 is 0 Å². The number of piperidine rings is 1. The number of aromatic nitrogens is 4. The van der Waals surface area contributed by atoms with Gasteiger partial charge in [-0.05, 0) is 37.4 Å². The zero-order chi connectivity index (χ0) is 14.1. The third-order valence-electron chi connectivity index (χ3n) is 4.17. The molecule has 3 aromatic rings. The van der Waals surface area contributed by atoms with Gasteiger partial charge < -0.3 is 0 Å². The van der Waals surface area contributed by atoms with E-state index in [0.717, 1.165) is 49.3 Å². The summed E-state index contributed by atoms with van der Waals surface area (Å²) in [6, 6.07) is 4.34. The van der Waals surface area contributed by atoms with Crippen molar-refractivity contribution in [2.75, 3.05) is 13.1 Å². The van der Waals surface area contributed by atoms with Crippen molar-refractivity contribution in [1.82, 2.24) is 25.1 Å². The van der Waals surface area contributed by atoms with Crippen LogP contribution in [-0.2, 0) is 6.54 Å². The number of fused-ring (bicyclic) bond motifs is 1. The van der Waals surface area contributed by atoms with Crippen LogP contribution in [0.1, 0.15) is 29.3 Å². The summed E-state index contributed by atoms with van der Waals surface area (Å²) in [4.78, 5) is 12.7. The monoisotopic (exact) mass is 299 g/mol. The lowest BCUT2D eigenvalue weighted by atomic mass is 9.93. The highest BCUT2D eigenvalue weighted by Gasteiger charge is 2.24. The van der Waals surface area contributed by atoms with Crippen LogP contribution < -0.4 is 0 Å². The first-order valence-corrected chi connectivity index (χ1v) is 8.18. The lowest BCUT2D eigenvalue weighted by Crippen LogP contribution is -2.32. The van der Waals surface area contributed by atoms with Gasteiger partial charge in [0.15, 0.2) is 5.65 Å². The van der Waals surface area contributed by atoms with E-state index in [2.05, 4.69) is 42.6 Å². The Labute approximate surface area is 127 Å². The molecule has 0 unspecified atom stereocenters. The van der Waals surface area contributed by atoms with E-state index in [0.29, 0.717) is 5.92 Å². The highest BCUT2D eigenvalue weighted by atomic mass is 32.1. The molecule has 108 valence electrons. The Hall–Kier alpha value is -1.79. The maximum absolute atomic E-state index is 4.43. The standard InChI is InChI=1S/C15H17N5S/c1-2-12(21-9-1)10-20-7-3-11(4-8-20)13-14-15(19-18-13)17-6-5-16-14/h1-2,5-6,9,11H,3-4,7-8,10H2,(H,17,18,19). The molecule has 1 aliphatic heterocycles. The van der Waals surface area contributed by atoms with Crippen molar-refractivity contribution in [2.24, 2.45) is 0 Å². The van der Waals surface area contributed by atoms with Crippen molar-refractivity contribution in [1.29, 1.82) is 0 Å². The Morgan fingerprint density at radius 2 is 2.10 bits per heavy atom. The number of thiophene rings is 1. The van der Waals surface area contributed by atoms with E-state index in [1.165, 1.54) is 4.88 Å². The van der Waals surface area contributed by atoms with Gasteiger partial charge in [0.25, 0.3) is 0 Å². The number of likely N-dealkylation sites (tertiary alicyclic amines) is 1. The molecule has 6 heteroatoms. The molecule has 1 N–H and O–H groups in total. The second kappa shape index (κ2) is 5.54. The minimum absolute atomic E-state index is 0.520. The molecule has 0 saturated carbocycles. The maximum atomic E-state index is 4.43. The fourth-order valence-electron chi connectivity index (χ4n) is 3.06. The molecule has 0 aliphatic carbocycles. The predicted molar refractivity (Wildman–Crippen MR) is 83.3 cm³/mol. The van der Waals surface area contributed by atoms with Crippen molar-refractivity contribution in [3.8, 4) is 0 Å². The molecule has 0 radical (unpaired) electrons. The number of nitrogens with one attached hydrogen (secondary N) is 1. The summed E-state index contributed by atoms with van der Waals surface area (Å²) >= 11 is 1.84. The van der Waals surface area contributed by atoms with E-state index < -0.39 is 0 Å². The minimum atomic E-state index is 0.520. The van der Waals surface area contributed by atoms with Gasteiger partial charge in [-0.3, -0.25) is 10.00 Å². The van der Waals surface area contributed by atoms with Crippen molar-refractivity contribution in [3.05, 3.63) is 40.5 Å². The molecule has 5 nitrogen and oxygen atoms in total. The highest BCUT2D eigenvalue weighted by Crippen LogP contribution is 2.30. The first kappa shape index (κ1) is 12.9. The first-order valence-electron chi connectivity index (χ1n) is 7.30. The normalized spacial score (nSPS) is 17.5. The summed E-state index contributed by atoms with van der Waals surface area (Å²) in [5.74, 6) is 0.520. The summed E-state index contributed by atoms with van der Waals surface area (Å²) in [6.07, 6.45) is 5.74. The fraction of sp³-hybridized carbons (Fsp3) is 0.400. The first-order chi connectivity index (χ1) is 10.4. The van der Waals surface area contributed by atoms with Crippen LogP contribution in [0.3, 0.4) is 0 Å². The Kier molecular flexibility index (Phi) is 3.40. The van der Waals surface area contributed by atoms with Gasteiger partial charge in [-0.15, -0.1) is 11.3 Å². The molecule has 0 aromatic carbocycles. The van der Waals surface area contributed by atoms with E-state index in [9.17, 15) is 0 Å². The van der Waals surface area contributed by atoms with Crippen LogP contribution in [0.2, 0.25) is 0 Å². The molecular weight excluding hydrogens is 282 g/mol. The Morgan fingerprint density at radius 1 is 1.24 bits per heavy atom. The van der Waals surface area contributed by atoms with Crippen LogP contribution in [0.4, 0.5) is 0 Å². The largest absolute Gasteiger partial charge is 0.298 e. The van der Waals surface area contributed by atoms with Gasteiger partial charge in [-0.25, -0.2) is 9.97 Å². The third kappa shape index (κ3) is 2.56. The molecular formula is C15H17N5S. The van der Waals surface area contributed by atoms with Crippen LogP contribution in [0.25, 0.3) is 11.2 Å². The van der Waals surface area contributed by atoms with Gasteiger partial charge >= 0.3 is 0 Å². The van der Waals surface area contributed by atoms with Crippen molar-refractivity contribution in [2.45, 2.75) is 25.3 Å². The molecule has 1 fully saturated rings. The minimum Gasteiger partial charge on any atom is -0.298 e. The van der Waals surface area contributed by atoms with Gasteiger partial charge in [-0.2, -0.15) is 5.10 Å². The van der Waals surface area contributed by atoms with Gasteiger partial charge in [0.05, 0.1) is 5.69 Å². The summed E-state index contributed by atoms with van der Waals surface area (Å²) in [6.45, 7) is 3.33. The number of H-pyrrole nitrogens is 1. The molecule has 0 spiro atoms. The van der Waals surface area contributed by atoms with Crippen LogP contribution in [0, 0.1) is 0 Å². The molecule has 0 bridgehead atoms. The van der Waals surface area contributed by atoms with E-state index in [4.69, 9.17) is 0 Å². The fourth-order valence-corrected chi connectivity index (χ4v) is 3.80. The van der Waals surface area contributed by atoms with E-state index in [-0.39, 0.29) is 0 Å². The lowest BCUT2D eigenvalue weighted by Gasteiger charge is -2.31. The Balaban J connectivity index is 1.45. The van der Waals surface area contributed by atoms with Gasteiger partial charge in [-0.1, -0.05) is 6.07 Å². The van der Waals surface area contributed by atoms with Crippen molar-refractivity contribution < 1.29 is 0 Å². The number of nitrogens with zero attached hydrogens (tertiary/aromatic N) is 4. The van der Waals surface area contributed by atoms with Gasteiger partial charge in [0, 0.05) is 29.7 Å². The number of aromatic amines is 1. The Bertz CT molecular complexity index is 713. The SMILES string of the molecule is c1csc(CN2CCC(c3[nH]nc4nccnc34)CC2)c1. The number of rotatable bonds is 3. The zero-order valence-electron chi connectivity index (χ0n) is 11.7. The molecule has 3 aromatic heterocycles. The second-order valence-corrected chi connectivity index (χ2v) is 6.53. The Morgan fingerprint density at radius 3 is 2.90 bits per heavy atom. The lowest BCUT2D eigenvalue weighted by molar-refractivity contribution is 0.205. The maximum Gasteiger partial charge on any atom is 0.199 e. The predicted octanol–water partition coefficient (Wildman–Crippen LogP) is 2.79. The van der Waals surface area contributed by atoms with E-state index in [1.54, 1.807) is 12.4 Å². The van der Waals surface area contributed by atoms with Crippen LogP contribution in [0.5, 0.6) is 0 Å². The topological polar surface area (TPSA) is 57.7 Å². The summed E-state index contributed by atoms with van der Waals surface area (Å²) in [5.41, 5.74) is 2.83. The smallest absolute Gasteiger partial charge is 0.199 e. The number of hydrogen-bond acceptors (Lipinski definition) is 5. The number of hydrogen-bond donors (Lipinski definition) is 1. The van der Waals surface area contributed by atoms with Crippen LogP contribution in [-0.4, -0.2) is 38.2 Å². The molecule has 4 heterocycles.